The highest BCUT2D eigenvalue weighted by Crippen LogP contribution is 2.49. The Morgan fingerprint density at radius 1 is 0.841 bits per heavy atom. The number of hydrogen-bond donors (Lipinski definition) is 5. The van der Waals surface area contributed by atoms with Gasteiger partial charge < -0.3 is 44.5 Å². The number of carbonyl (C=O) groups excluding carboxylic acids is 6. The van der Waals surface area contributed by atoms with Crippen LogP contribution in [0.4, 0.5) is 17.6 Å². The molecule has 0 aromatic heterocycles. The molecule has 0 saturated carbocycles. The fraction of sp³-hybridized carbons (Fsp3) is 0.610. The Labute approximate surface area is 400 Å². The largest absolute Gasteiger partial charge is 0.505 e. The summed E-state index contributed by atoms with van der Waals surface area (Å²) in [6, 6.07) is 7.15. The highest BCUT2D eigenvalue weighted by atomic mass is 35.7. The third kappa shape index (κ3) is 17.2. The predicted octanol–water partition coefficient (Wildman–Crippen LogP) is 3.83. The van der Waals surface area contributed by atoms with Crippen LogP contribution in [0.2, 0.25) is 0 Å². The number of ether oxygens (including phenoxy) is 4. The van der Waals surface area contributed by atoms with Gasteiger partial charge in [0.15, 0.2) is 60.8 Å². The Hall–Kier alpha value is -4.26. The predicted molar refractivity (Wildman–Crippen MR) is 235 cm³/mol. The van der Waals surface area contributed by atoms with Gasteiger partial charge in [0.25, 0.3) is 11.7 Å². The van der Waals surface area contributed by atoms with Crippen LogP contribution in [0.25, 0.3) is 0 Å². The van der Waals surface area contributed by atoms with Gasteiger partial charge in [-0.3, -0.25) is 38.6 Å². The molecule has 4 aliphatic heterocycles. The molecule has 0 aliphatic carbocycles. The third-order valence-electron chi connectivity index (χ3n) is 9.44. The van der Waals surface area contributed by atoms with Crippen LogP contribution in [0.1, 0.15) is 68.2 Å². The number of rotatable bonds is 14. The number of aliphatic hydroxyl groups is 3. The molecule has 0 spiro atoms. The average molecular weight is 1050 g/mol. The lowest BCUT2D eigenvalue weighted by atomic mass is 9.96. The molecule has 6 N–H and O–H groups in total. The van der Waals surface area contributed by atoms with Crippen molar-refractivity contribution in [2.75, 3.05) is 19.9 Å². The van der Waals surface area contributed by atoms with Crippen molar-refractivity contribution in [1.29, 1.82) is 0 Å². The van der Waals surface area contributed by atoms with Crippen molar-refractivity contribution < 1.29 is 98.8 Å². The number of alkyl halides is 4. The Balaban J connectivity index is 0.000000327. The van der Waals surface area contributed by atoms with Crippen LogP contribution in [0.15, 0.2) is 54.9 Å². The zero-order chi connectivity index (χ0) is 53.0. The first-order chi connectivity index (χ1) is 31.6. The number of nitrogens with two attached hydrogens (primary N) is 1. The lowest BCUT2D eigenvalue weighted by Gasteiger charge is -2.32. The van der Waals surface area contributed by atoms with Crippen LogP contribution in [0, 0.1) is 0 Å². The number of hydrogen-bond acceptors (Lipinski definition) is 18. The van der Waals surface area contributed by atoms with E-state index in [9.17, 15) is 65.7 Å². The summed E-state index contributed by atoms with van der Waals surface area (Å²) >= 11 is 5.76. The van der Waals surface area contributed by atoms with E-state index < -0.39 is 130 Å². The van der Waals surface area contributed by atoms with Crippen molar-refractivity contribution in [3.05, 3.63) is 54.9 Å². The molecule has 0 bridgehead atoms. The minimum absolute atomic E-state index is 0.0662. The number of ketones is 2. The van der Waals surface area contributed by atoms with E-state index in [1.165, 1.54) is 6.92 Å². The van der Waals surface area contributed by atoms with E-state index >= 15 is 0 Å². The van der Waals surface area contributed by atoms with Crippen LogP contribution in [-0.2, 0) is 61.4 Å². The molecule has 4 heterocycles. The van der Waals surface area contributed by atoms with E-state index in [0.29, 0.717) is 10.6 Å². The molecule has 1 aromatic carbocycles. The molecule has 5 rings (SSSR count). The lowest BCUT2D eigenvalue weighted by molar-refractivity contribution is -0.212. The molecule has 1 aromatic rings. The zero-order valence-electron chi connectivity index (χ0n) is 39.0. The van der Waals surface area contributed by atoms with Gasteiger partial charge in [-0.1, -0.05) is 18.2 Å². The molecule has 2 amide bonds. The fourth-order valence-corrected chi connectivity index (χ4v) is 8.08. The summed E-state index contributed by atoms with van der Waals surface area (Å²) in [4.78, 5) is 69.1. The van der Waals surface area contributed by atoms with Crippen LogP contribution in [0.3, 0.4) is 0 Å². The maximum Gasteiger partial charge on any atom is 0.505 e. The summed E-state index contributed by atoms with van der Waals surface area (Å²) in [5, 5.41) is 30.7. The molecule has 4 aliphatic rings. The Bertz CT molecular complexity index is 2120. The van der Waals surface area contributed by atoms with Crippen molar-refractivity contribution in [1.82, 2.24) is 14.9 Å². The van der Waals surface area contributed by atoms with Crippen LogP contribution in [0.5, 0.6) is 5.75 Å². The smallest absolute Gasteiger partial charge is 0.462 e. The number of benzene rings is 1. The van der Waals surface area contributed by atoms with E-state index in [1.54, 1.807) is 65.0 Å². The second kappa shape index (κ2) is 25.2. The summed E-state index contributed by atoms with van der Waals surface area (Å²) in [6.07, 6.45) is -5.32. The highest BCUT2D eigenvalue weighted by molar-refractivity contribution is 7.84. The van der Waals surface area contributed by atoms with E-state index in [2.05, 4.69) is 14.3 Å². The second-order valence-electron chi connectivity index (χ2n) is 16.5. The standard InChI is InChI=1S/C12H17ClNO4P.C12H15F2NO6P.C11H13F2NO5.C6H13NO2/c1-9(2)17-12(15)10(3)14-19(13,16)18-11-7-5-4-6-8-11;1-11(13)9(18)12(14,6-20-22(2)19)21-10(11)15-4-3-7(16)5-8(15)17;1-10(12)8(18)11(13,5-15)19-9(10)14-3-2-6(16)4-7(14)17;1-4(2)9-6(8)5(3)7/h4-10H,1-3H3,(H,14,16);3-4,9-10,18H,5-6H2,1-2H3;2-3,8-9,15,18H,4-5H2,1H3;4-5H,7H2,1-3H3/q;+1;;/t10-,19?;9-,10+,11+,12+;8-,9+,10+,11+;5-/m0000/s1. The summed E-state index contributed by atoms with van der Waals surface area (Å²) < 4.78 is 109. The molecule has 2 fully saturated rings. The monoisotopic (exact) mass is 1050 g/mol. The van der Waals surface area contributed by atoms with Gasteiger partial charge in [-0.2, -0.15) is 0 Å². The second-order valence-corrected chi connectivity index (χ2v) is 20.4. The molecular formula is C41H58ClF4N4O17P2+. The molecule has 2 unspecified atom stereocenters. The number of para-hydroxylation sites is 1. The number of amides is 2. The van der Waals surface area contributed by atoms with Gasteiger partial charge in [0.1, 0.15) is 24.4 Å². The van der Waals surface area contributed by atoms with Gasteiger partial charge in [0.2, 0.25) is 11.8 Å². The van der Waals surface area contributed by atoms with Crippen molar-refractivity contribution in [2.24, 2.45) is 5.73 Å². The maximum absolute atomic E-state index is 14.7. The minimum atomic E-state index is -3.65. The lowest BCUT2D eigenvalue weighted by Crippen LogP contribution is -2.52. The first kappa shape index (κ1) is 60.9. The maximum atomic E-state index is 14.7. The number of nitrogens with one attached hydrogen (secondary N) is 1. The summed E-state index contributed by atoms with van der Waals surface area (Å²) in [7, 11) is -2.18. The summed E-state index contributed by atoms with van der Waals surface area (Å²) in [5.41, 5.74) is -0.0723. The molecule has 21 nitrogen and oxygen atoms in total. The zero-order valence-corrected chi connectivity index (χ0v) is 41.5. The summed E-state index contributed by atoms with van der Waals surface area (Å²) in [5.74, 6) is -8.97. The van der Waals surface area contributed by atoms with Gasteiger partial charge in [-0.05, 0) is 84.2 Å². The number of aliphatic hydroxyl groups excluding tert-OH is 3. The quantitative estimate of drug-likeness (QED) is 0.0765. The van der Waals surface area contributed by atoms with Crippen molar-refractivity contribution in [3.63, 3.8) is 0 Å². The van der Waals surface area contributed by atoms with Crippen molar-refractivity contribution >= 4 is 61.5 Å². The first-order valence-electron chi connectivity index (χ1n) is 20.8. The molecule has 12 atom stereocenters. The van der Waals surface area contributed by atoms with Crippen molar-refractivity contribution in [3.8, 4) is 5.75 Å². The summed E-state index contributed by atoms with van der Waals surface area (Å²) in [6.45, 7) is 7.18. The van der Waals surface area contributed by atoms with Gasteiger partial charge >= 0.3 is 26.8 Å². The number of allylic oxidation sites excluding steroid dienone is 2. The number of esters is 2. The molecular weight excluding hydrogens is 994 g/mol. The topological polar surface area (TPSA) is 297 Å². The van der Waals surface area contributed by atoms with E-state index in [1.807, 2.05) is 0 Å². The molecule has 388 valence electrons. The number of carbonyl (C=O) groups is 6. The molecule has 2 saturated heterocycles. The Morgan fingerprint density at radius 2 is 1.26 bits per heavy atom. The normalized spacial score (nSPS) is 30.5. The van der Waals surface area contributed by atoms with Gasteiger partial charge in [-0.15, -0.1) is 4.52 Å². The SMILES string of the molecule is CC(C)OC(=O)[C@H](C)N.CC(C)OC(=O)[C@H](C)NP(=O)(Cl)Oc1ccccc1.C[C@]1(F)[C@H](N2C=CC(=O)CC2=O)O[C@](F)(CO)[C@H]1O.C[P+](=O)OC[C@@]1(F)O[C@@H](N2C=CC(=O)CC2=O)[C@](C)(F)[C@@H]1O. The highest BCUT2D eigenvalue weighted by Gasteiger charge is 2.67. The van der Waals surface area contributed by atoms with Gasteiger partial charge in [0, 0.05) is 23.6 Å². The van der Waals surface area contributed by atoms with Crippen molar-refractivity contribution in [2.45, 2.75) is 140 Å². The Kier molecular flexibility index (Phi) is 22.2. The third-order valence-corrected chi connectivity index (χ3v) is 11.6. The number of halogens is 5. The van der Waals surface area contributed by atoms with Crippen LogP contribution < -0.4 is 15.3 Å². The van der Waals surface area contributed by atoms with Crippen LogP contribution in [-0.4, -0.2) is 152 Å². The minimum Gasteiger partial charge on any atom is -0.462 e. The average Bonchev–Trinajstić information content (AvgIpc) is 3.53. The van der Waals surface area contributed by atoms with Crippen LogP contribution >= 0.6 is 26.1 Å². The molecule has 28 heteroatoms. The molecule has 0 radical (unpaired) electrons. The van der Waals surface area contributed by atoms with Gasteiger partial charge in [0.05, 0.1) is 25.0 Å². The van der Waals surface area contributed by atoms with Gasteiger partial charge in [-0.25, -0.2) is 27.2 Å². The fourth-order valence-electron chi connectivity index (χ4n) is 6.03. The van der Waals surface area contributed by atoms with E-state index in [-0.39, 0.29) is 18.2 Å². The molecule has 69 heavy (non-hydrogen) atoms. The van der Waals surface area contributed by atoms with E-state index in [0.717, 1.165) is 50.0 Å². The van der Waals surface area contributed by atoms with E-state index in [4.69, 9.17) is 40.8 Å². The Morgan fingerprint density at radius 3 is 1.62 bits per heavy atom. The number of nitrogens with zero attached hydrogens (tertiary/aromatic N) is 2. The first-order valence-corrected chi connectivity index (χ1v) is 24.9.